The minimum absolute atomic E-state index is 0.172. The Bertz CT molecular complexity index is 1140. The summed E-state index contributed by atoms with van der Waals surface area (Å²) in [7, 11) is -10.9. The summed E-state index contributed by atoms with van der Waals surface area (Å²) in [5, 5.41) is 48.5. The van der Waals surface area contributed by atoms with Crippen LogP contribution in [0.2, 0.25) is 0 Å². The maximum absolute atomic E-state index is 12.2. The number of nitrogens with zero attached hydrogens (tertiary/aromatic N) is 1. The summed E-state index contributed by atoms with van der Waals surface area (Å²) in [6.45, 7) is -0.305. The summed E-state index contributed by atoms with van der Waals surface area (Å²) in [6.07, 6.45) is -12.2. The molecular weight excluding hydrogens is 538 g/mol. The van der Waals surface area contributed by atoms with Crippen molar-refractivity contribution in [1.29, 1.82) is 0 Å². The number of nitrogens with one attached hydrogen (secondary N) is 1. The summed E-state index contributed by atoms with van der Waals surface area (Å²) in [4.78, 5) is 45.2. The molecule has 18 nitrogen and oxygen atoms in total. The van der Waals surface area contributed by atoms with Crippen molar-refractivity contribution < 1.29 is 67.3 Å². The molecule has 2 aliphatic rings. The molecule has 2 fully saturated rings. The zero-order valence-electron chi connectivity index (χ0n) is 18.5. The average Bonchev–Trinajstić information content (AvgIpc) is 3.14. The summed E-state index contributed by atoms with van der Waals surface area (Å²) in [5.74, 6) is 0. The van der Waals surface area contributed by atoms with E-state index in [1.54, 1.807) is 0 Å². The highest BCUT2D eigenvalue weighted by Gasteiger charge is 2.48. The van der Waals surface area contributed by atoms with E-state index in [0.29, 0.717) is 0 Å². The van der Waals surface area contributed by atoms with E-state index in [4.69, 9.17) is 14.6 Å². The molecule has 0 aromatic carbocycles. The number of hydrogen-bond acceptors (Lipinski definition) is 14. The molecule has 0 radical (unpaired) electrons. The van der Waals surface area contributed by atoms with E-state index in [-0.39, 0.29) is 12.0 Å². The quantitative estimate of drug-likeness (QED) is 0.135. The third kappa shape index (κ3) is 6.75. The van der Waals surface area contributed by atoms with Crippen LogP contribution in [0.1, 0.15) is 18.2 Å². The Balaban J connectivity index is 1.59. The number of phosphoric acid groups is 2. The van der Waals surface area contributed by atoms with Crippen LogP contribution in [0.5, 0.6) is 0 Å². The molecule has 0 aliphatic carbocycles. The Morgan fingerprint density at radius 1 is 1.06 bits per heavy atom. The van der Waals surface area contributed by atoms with Gasteiger partial charge in [-0.3, -0.25) is 23.4 Å². The van der Waals surface area contributed by atoms with Crippen molar-refractivity contribution in [3.63, 3.8) is 0 Å². The predicted octanol–water partition coefficient (Wildman–Crippen LogP) is -3.46. The molecule has 3 rings (SSSR count). The lowest BCUT2D eigenvalue weighted by molar-refractivity contribution is -0.280. The molecular formula is C16H26N2O16P2. The number of phosphoric ester groups is 2. The third-order valence-corrected chi connectivity index (χ3v) is 7.95. The zero-order chi connectivity index (χ0) is 27.0. The molecule has 36 heavy (non-hydrogen) atoms. The van der Waals surface area contributed by atoms with E-state index < -0.39 is 89.2 Å². The molecule has 8 N–H and O–H groups in total. The molecule has 206 valence electrons. The van der Waals surface area contributed by atoms with Crippen LogP contribution in [0.25, 0.3) is 0 Å². The fraction of sp³-hybridized carbons (Fsp3) is 0.750. The second-order valence-electron chi connectivity index (χ2n) is 8.03. The van der Waals surface area contributed by atoms with E-state index in [1.807, 2.05) is 0 Å². The van der Waals surface area contributed by atoms with Crippen molar-refractivity contribution in [2.45, 2.75) is 62.5 Å². The molecule has 0 spiro atoms. The lowest BCUT2D eigenvalue weighted by Crippen LogP contribution is -2.58. The maximum atomic E-state index is 12.2. The number of aliphatic hydroxyl groups excluding tert-OH is 5. The smallest absolute Gasteiger partial charge is 0.394 e. The van der Waals surface area contributed by atoms with Crippen molar-refractivity contribution in [2.24, 2.45) is 0 Å². The van der Waals surface area contributed by atoms with E-state index >= 15 is 0 Å². The SMILES string of the molecule is Cc1cn(C2C[C@H](O)[C@@H](COP(=O)(O)OP(=O)(O)OC3O[C@H](CO)[C@H](O)[C@H](O)[C@@H]3O)O2)c(=O)[nH]c1=O. The Morgan fingerprint density at radius 3 is 2.36 bits per heavy atom. The third-order valence-electron chi connectivity index (χ3n) is 5.35. The molecule has 2 aliphatic heterocycles. The molecule has 0 saturated carbocycles. The minimum Gasteiger partial charge on any atom is -0.394 e. The lowest BCUT2D eigenvalue weighted by atomic mass is 10.00. The number of aryl methyl sites for hydroxylation is 1. The fourth-order valence-electron chi connectivity index (χ4n) is 3.46. The molecule has 2 saturated heterocycles. The molecule has 4 unspecified atom stereocenters. The van der Waals surface area contributed by atoms with Gasteiger partial charge < -0.3 is 44.8 Å². The minimum atomic E-state index is -5.54. The molecule has 1 aromatic rings. The Kier molecular flexibility index (Phi) is 9.08. The molecule has 1 aromatic heterocycles. The van der Waals surface area contributed by atoms with Gasteiger partial charge in [0.05, 0.1) is 19.3 Å². The van der Waals surface area contributed by atoms with Crippen LogP contribution in [0, 0.1) is 6.92 Å². The molecule has 3 heterocycles. The number of ether oxygens (including phenoxy) is 2. The second kappa shape index (κ2) is 11.2. The highest BCUT2D eigenvalue weighted by atomic mass is 31.3. The van der Waals surface area contributed by atoms with E-state index in [9.17, 15) is 48.9 Å². The van der Waals surface area contributed by atoms with Gasteiger partial charge in [-0.05, 0) is 6.92 Å². The first-order valence-electron chi connectivity index (χ1n) is 10.3. The van der Waals surface area contributed by atoms with E-state index in [2.05, 4.69) is 18.3 Å². The standard InChI is InChI=1S/C16H26N2O16P2/c1-6-3-18(16(25)17-14(6)24)10-2-7(20)9(31-10)5-30-35(26,27)34-36(28,29)33-15-13(23)12(22)11(21)8(4-19)32-15/h3,7-13,15,19-23H,2,4-5H2,1H3,(H,26,27)(H,28,29)(H,17,24,25)/t7-,8+,9+,10?,11-,12-,13-,15?/m0/s1. The summed E-state index contributed by atoms with van der Waals surface area (Å²) in [5.41, 5.74) is -1.27. The van der Waals surface area contributed by atoms with Crippen LogP contribution in [0.15, 0.2) is 15.8 Å². The largest absolute Gasteiger partial charge is 0.483 e. The first-order chi connectivity index (χ1) is 16.6. The number of hydrogen-bond donors (Lipinski definition) is 8. The number of aromatic nitrogens is 2. The molecule has 0 bridgehead atoms. The van der Waals surface area contributed by atoms with Gasteiger partial charge in [0, 0.05) is 18.2 Å². The van der Waals surface area contributed by atoms with Crippen molar-refractivity contribution in [1.82, 2.24) is 9.55 Å². The second-order valence-corrected chi connectivity index (χ2v) is 11.0. The maximum Gasteiger partial charge on any atom is 0.483 e. The van der Waals surface area contributed by atoms with Gasteiger partial charge in [0.2, 0.25) is 0 Å². The van der Waals surface area contributed by atoms with Crippen molar-refractivity contribution in [2.75, 3.05) is 13.2 Å². The van der Waals surface area contributed by atoms with E-state index in [1.165, 1.54) is 13.1 Å². The van der Waals surface area contributed by atoms with Gasteiger partial charge in [0.1, 0.15) is 36.7 Å². The van der Waals surface area contributed by atoms with E-state index in [0.717, 1.165) is 4.57 Å². The monoisotopic (exact) mass is 564 g/mol. The highest BCUT2D eigenvalue weighted by molar-refractivity contribution is 7.61. The lowest BCUT2D eigenvalue weighted by Gasteiger charge is -2.39. The molecule has 10 atom stereocenters. The molecule has 20 heteroatoms. The van der Waals surface area contributed by atoms with Gasteiger partial charge >= 0.3 is 21.3 Å². The number of aliphatic hydroxyl groups is 5. The van der Waals surface area contributed by atoms with Crippen molar-refractivity contribution in [3.8, 4) is 0 Å². The normalized spacial score (nSPS) is 36.3. The first-order valence-corrected chi connectivity index (χ1v) is 13.3. The number of aromatic amines is 1. The highest BCUT2D eigenvalue weighted by Crippen LogP contribution is 2.61. The van der Waals surface area contributed by atoms with Crippen molar-refractivity contribution >= 4 is 15.6 Å². The first kappa shape index (κ1) is 29.2. The summed E-state index contributed by atoms with van der Waals surface area (Å²) in [6, 6.07) is 0. The Labute approximate surface area is 201 Å². The van der Waals surface area contributed by atoms with Crippen LogP contribution in [-0.4, -0.2) is 101 Å². The summed E-state index contributed by atoms with van der Waals surface area (Å²) >= 11 is 0. The number of rotatable bonds is 9. The predicted molar refractivity (Wildman–Crippen MR) is 112 cm³/mol. The van der Waals surface area contributed by atoms with Gasteiger partial charge in [0.25, 0.3) is 5.56 Å². The van der Waals surface area contributed by atoms with Gasteiger partial charge in [0.15, 0.2) is 6.29 Å². The molecule has 0 amide bonds. The van der Waals surface area contributed by atoms with Crippen molar-refractivity contribution in [3.05, 3.63) is 32.6 Å². The van der Waals surface area contributed by atoms with Gasteiger partial charge in [-0.25, -0.2) is 13.9 Å². The topological polar surface area (TPSA) is 277 Å². The van der Waals surface area contributed by atoms with Gasteiger partial charge in [-0.15, -0.1) is 0 Å². The fourth-order valence-corrected chi connectivity index (χ4v) is 5.62. The van der Waals surface area contributed by atoms with Gasteiger partial charge in [-0.2, -0.15) is 4.31 Å². The Hall–Kier alpha value is -1.34. The van der Waals surface area contributed by atoms with Gasteiger partial charge in [-0.1, -0.05) is 0 Å². The van der Waals surface area contributed by atoms with Crippen LogP contribution in [0.4, 0.5) is 0 Å². The number of H-pyrrole nitrogens is 1. The van der Waals surface area contributed by atoms with Crippen LogP contribution < -0.4 is 11.2 Å². The average molecular weight is 564 g/mol. The van der Waals surface area contributed by atoms with Crippen LogP contribution >= 0.6 is 15.6 Å². The zero-order valence-corrected chi connectivity index (χ0v) is 20.3. The summed E-state index contributed by atoms with van der Waals surface area (Å²) < 4.78 is 48.8. The Morgan fingerprint density at radius 2 is 1.72 bits per heavy atom. The van der Waals surface area contributed by atoms with Crippen LogP contribution in [0.3, 0.4) is 0 Å². The van der Waals surface area contributed by atoms with Crippen LogP contribution in [-0.2, 0) is 32.0 Å².